The molecule has 1 nitrogen and oxygen atoms in total. The van der Waals surface area contributed by atoms with Crippen LogP contribution in [0, 0.1) is 17.8 Å². The molecule has 0 heterocycles. The number of rotatable bonds is 4. The van der Waals surface area contributed by atoms with Gasteiger partial charge in [0.15, 0.2) is 0 Å². The van der Waals surface area contributed by atoms with Crippen LogP contribution in [0.15, 0.2) is 0 Å². The molecule has 2 saturated carbocycles. The van der Waals surface area contributed by atoms with E-state index in [2.05, 4.69) is 26.1 Å². The minimum absolute atomic E-state index is 0.756. The third kappa shape index (κ3) is 3.71. The van der Waals surface area contributed by atoms with Crippen LogP contribution in [0.4, 0.5) is 0 Å². The van der Waals surface area contributed by atoms with E-state index in [0.717, 1.165) is 29.8 Å². The van der Waals surface area contributed by atoms with Crippen LogP contribution in [-0.4, -0.2) is 12.1 Å². The van der Waals surface area contributed by atoms with Gasteiger partial charge in [0.2, 0.25) is 0 Å². The van der Waals surface area contributed by atoms with Gasteiger partial charge in [-0.15, -0.1) is 0 Å². The summed E-state index contributed by atoms with van der Waals surface area (Å²) in [6.45, 7) is 7.17. The predicted octanol–water partition coefficient (Wildman–Crippen LogP) is 4.37. The summed E-state index contributed by atoms with van der Waals surface area (Å²) in [6.07, 6.45) is 11.7. The Hall–Kier alpha value is -0.0400. The lowest BCUT2D eigenvalue weighted by atomic mass is 9.73. The summed E-state index contributed by atoms with van der Waals surface area (Å²) in [4.78, 5) is 0. The summed E-state index contributed by atoms with van der Waals surface area (Å²) >= 11 is 0. The Bertz CT molecular complexity index is 210. The third-order valence-corrected chi connectivity index (χ3v) is 5.22. The molecule has 0 amide bonds. The van der Waals surface area contributed by atoms with Crippen LogP contribution in [0.5, 0.6) is 0 Å². The molecule has 2 aliphatic rings. The molecule has 0 saturated heterocycles. The van der Waals surface area contributed by atoms with E-state index in [4.69, 9.17) is 0 Å². The zero-order chi connectivity index (χ0) is 12.3. The monoisotopic (exact) mass is 237 g/mol. The quantitative estimate of drug-likeness (QED) is 0.716. The van der Waals surface area contributed by atoms with Crippen molar-refractivity contribution >= 4 is 0 Å². The Morgan fingerprint density at radius 2 is 1.41 bits per heavy atom. The standard InChI is InChI=1S/C16H31N/c1-12(2)15-10-16(11-15)17-13(3)14-8-6-4-5-7-9-14/h12-17H,4-11H2,1-3H3/t13-,15?,16?/m1/s1. The van der Waals surface area contributed by atoms with Crippen molar-refractivity contribution in [2.45, 2.75) is 84.2 Å². The molecule has 2 aliphatic carbocycles. The van der Waals surface area contributed by atoms with Crippen molar-refractivity contribution in [2.24, 2.45) is 17.8 Å². The average molecular weight is 237 g/mol. The molecule has 0 aromatic carbocycles. The fourth-order valence-electron chi connectivity index (χ4n) is 3.66. The Kier molecular flexibility index (Phi) is 4.90. The molecule has 2 rings (SSSR count). The maximum atomic E-state index is 3.90. The summed E-state index contributed by atoms with van der Waals surface area (Å²) in [5, 5.41) is 3.90. The van der Waals surface area contributed by atoms with Gasteiger partial charge < -0.3 is 5.32 Å². The van der Waals surface area contributed by atoms with Gasteiger partial charge >= 0.3 is 0 Å². The first-order valence-corrected chi connectivity index (χ1v) is 7.93. The predicted molar refractivity (Wildman–Crippen MR) is 75.1 cm³/mol. The molecular formula is C16H31N. The molecule has 0 spiro atoms. The Morgan fingerprint density at radius 3 is 1.94 bits per heavy atom. The van der Waals surface area contributed by atoms with E-state index in [9.17, 15) is 0 Å². The lowest BCUT2D eigenvalue weighted by Gasteiger charge is -2.41. The molecular weight excluding hydrogens is 206 g/mol. The molecule has 0 radical (unpaired) electrons. The Morgan fingerprint density at radius 1 is 0.824 bits per heavy atom. The van der Waals surface area contributed by atoms with Crippen LogP contribution in [0.2, 0.25) is 0 Å². The third-order valence-electron chi connectivity index (χ3n) is 5.22. The zero-order valence-electron chi connectivity index (χ0n) is 12.0. The average Bonchev–Trinajstić information content (AvgIpc) is 2.50. The lowest BCUT2D eigenvalue weighted by molar-refractivity contribution is 0.145. The van der Waals surface area contributed by atoms with Gasteiger partial charge in [0.1, 0.15) is 0 Å². The van der Waals surface area contributed by atoms with Crippen molar-refractivity contribution in [3.63, 3.8) is 0 Å². The van der Waals surface area contributed by atoms with E-state index in [1.54, 1.807) is 0 Å². The molecule has 100 valence electrons. The van der Waals surface area contributed by atoms with Crippen LogP contribution >= 0.6 is 0 Å². The Balaban J connectivity index is 1.68. The van der Waals surface area contributed by atoms with Gasteiger partial charge in [-0.1, -0.05) is 39.5 Å². The van der Waals surface area contributed by atoms with E-state index >= 15 is 0 Å². The second-order valence-corrected chi connectivity index (χ2v) is 6.88. The van der Waals surface area contributed by atoms with E-state index in [1.165, 1.54) is 51.4 Å². The molecule has 0 unspecified atom stereocenters. The molecule has 0 bridgehead atoms. The van der Waals surface area contributed by atoms with Gasteiger partial charge in [0.25, 0.3) is 0 Å². The molecule has 0 aliphatic heterocycles. The summed E-state index contributed by atoms with van der Waals surface area (Å²) in [6, 6.07) is 1.59. The highest BCUT2D eigenvalue weighted by Crippen LogP contribution is 2.35. The van der Waals surface area contributed by atoms with Crippen molar-refractivity contribution in [3.8, 4) is 0 Å². The summed E-state index contributed by atoms with van der Waals surface area (Å²) in [7, 11) is 0. The Labute approximate surface area is 108 Å². The smallest absolute Gasteiger partial charge is 0.00751 e. The van der Waals surface area contributed by atoms with Crippen LogP contribution in [-0.2, 0) is 0 Å². The van der Waals surface area contributed by atoms with E-state index in [1.807, 2.05) is 0 Å². The molecule has 1 N–H and O–H groups in total. The fraction of sp³-hybridized carbons (Fsp3) is 1.00. The van der Waals surface area contributed by atoms with Gasteiger partial charge in [-0.05, 0) is 50.4 Å². The second kappa shape index (κ2) is 6.22. The van der Waals surface area contributed by atoms with Gasteiger partial charge in [-0.2, -0.15) is 0 Å². The highest BCUT2D eigenvalue weighted by Gasteiger charge is 2.32. The SMILES string of the molecule is CC(C)C1CC(N[C@H](C)C2CCCCCC2)C1. The number of hydrogen-bond donors (Lipinski definition) is 1. The highest BCUT2D eigenvalue weighted by atomic mass is 15.0. The number of hydrogen-bond acceptors (Lipinski definition) is 1. The van der Waals surface area contributed by atoms with Crippen LogP contribution in [0.25, 0.3) is 0 Å². The maximum Gasteiger partial charge on any atom is 0.00751 e. The van der Waals surface area contributed by atoms with Crippen LogP contribution in [0.3, 0.4) is 0 Å². The normalized spacial score (nSPS) is 33.2. The summed E-state index contributed by atoms with van der Waals surface area (Å²) in [5.41, 5.74) is 0. The first-order valence-electron chi connectivity index (χ1n) is 7.93. The van der Waals surface area contributed by atoms with Gasteiger partial charge in [-0.25, -0.2) is 0 Å². The minimum atomic E-state index is 0.756. The molecule has 0 aromatic rings. The maximum absolute atomic E-state index is 3.90. The van der Waals surface area contributed by atoms with Crippen molar-refractivity contribution in [1.29, 1.82) is 0 Å². The van der Waals surface area contributed by atoms with Crippen LogP contribution < -0.4 is 5.32 Å². The molecule has 17 heavy (non-hydrogen) atoms. The van der Waals surface area contributed by atoms with Gasteiger partial charge in [-0.3, -0.25) is 0 Å². The first kappa shape index (κ1) is 13.4. The fourth-order valence-corrected chi connectivity index (χ4v) is 3.66. The molecule has 2 fully saturated rings. The van der Waals surface area contributed by atoms with E-state index in [-0.39, 0.29) is 0 Å². The van der Waals surface area contributed by atoms with Gasteiger partial charge in [0, 0.05) is 12.1 Å². The largest absolute Gasteiger partial charge is 0.311 e. The zero-order valence-corrected chi connectivity index (χ0v) is 12.0. The van der Waals surface area contributed by atoms with Crippen molar-refractivity contribution in [1.82, 2.24) is 5.32 Å². The summed E-state index contributed by atoms with van der Waals surface area (Å²) < 4.78 is 0. The summed E-state index contributed by atoms with van der Waals surface area (Å²) in [5.74, 6) is 2.84. The van der Waals surface area contributed by atoms with Crippen molar-refractivity contribution in [3.05, 3.63) is 0 Å². The first-order chi connectivity index (χ1) is 8.16. The van der Waals surface area contributed by atoms with Crippen molar-refractivity contribution in [2.75, 3.05) is 0 Å². The van der Waals surface area contributed by atoms with E-state index < -0.39 is 0 Å². The molecule has 1 atom stereocenters. The van der Waals surface area contributed by atoms with Gasteiger partial charge in [0.05, 0.1) is 0 Å². The second-order valence-electron chi connectivity index (χ2n) is 6.88. The topological polar surface area (TPSA) is 12.0 Å². The van der Waals surface area contributed by atoms with Crippen LogP contribution in [0.1, 0.15) is 72.1 Å². The highest BCUT2D eigenvalue weighted by molar-refractivity contribution is 4.89. The number of nitrogens with one attached hydrogen (secondary N) is 1. The molecule has 0 aromatic heterocycles. The van der Waals surface area contributed by atoms with E-state index in [0.29, 0.717) is 0 Å². The minimum Gasteiger partial charge on any atom is -0.311 e. The van der Waals surface area contributed by atoms with Crippen molar-refractivity contribution < 1.29 is 0 Å². The molecule has 1 heteroatoms. The lowest BCUT2D eigenvalue weighted by Crippen LogP contribution is -2.48.